The van der Waals surface area contributed by atoms with Gasteiger partial charge < -0.3 is 39.0 Å². The van der Waals surface area contributed by atoms with E-state index in [1.54, 1.807) is 0 Å². The van der Waals surface area contributed by atoms with E-state index in [4.69, 9.17) is 23.7 Å². The van der Waals surface area contributed by atoms with E-state index in [2.05, 4.69) is 48.5 Å². The molecule has 0 spiro atoms. The van der Waals surface area contributed by atoms with Crippen molar-refractivity contribution in [1.29, 1.82) is 0 Å². The zero-order chi connectivity index (χ0) is 25.3. The predicted molar refractivity (Wildman–Crippen MR) is 127 cm³/mol. The number of rotatable bonds is 7. The smallest absolute Gasteiger partial charge is 0.161 e. The second-order valence-corrected chi connectivity index (χ2v) is 11.2. The summed E-state index contributed by atoms with van der Waals surface area (Å²) in [6.45, 7) is 16.5. The van der Waals surface area contributed by atoms with Crippen LogP contribution in [0.4, 0.5) is 0 Å². The Labute approximate surface area is 331 Å². The van der Waals surface area contributed by atoms with E-state index in [-0.39, 0.29) is 212 Å². The summed E-state index contributed by atoms with van der Waals surface area (Å²) in [5.41, 5.74) is 0. The molecular weight excluding hydrogens is 1120 g/mol. The van der Waals surface area contributed by atoms with Crippen LogP contribution in [-0.4, -0.2) is 84.3 Å². The van der Waals surface area contributed by atoms with E-state index in [0.717, 1.165) is 0 Å². The molecule has 37 heavy (non-hydrogen) atoms. The van der Waals surface area contributed by atoms with Crippen molar-refractivity contribution in [2.45, 2.75) is 105 Å². The van der Waals surface area contributed by atoms with E-state index in [0.29, 0.717) is 5.92 Å². The van der Waals surface area contributed by atoms with Crippen molar-refractivity contribution in [3.05, 3.63) is 0 Å². The molecule has 0 amide bonds. The van der Waals surface area contributed by atoms with Gasteiger partial charge >= 0.3 is 0 Å². The molecule has 3 N–H and O–H groups in total. The van der Waals surface area contributed by atoms with Gasteiger partial charge in [0.1, 0.15) is 12.2 Å². The molecule has 209 valence electrons. The second-order valence-electron chi connectivity index (χ2n) is 11.2. The van der Waals surface area contributed by atoms with Gasteiger partial charge in [-0.3, -0.25) is 0 Å². The van der Waals surface area contributed by atoms with Gasteiger partial charge in [0.25, 0.3) is 0 Å². The molecule has 3 radical (unpaired) electrons. The van der Waals surface area contributed by atoms with Crippen LogP contribution in [0.5, 0.6) is 0 Å². The van der Waals surface area contributed by atoms with Crippen LogP contribution in [-0.2, 0) is 23.7 Å². The molecule has 3 heterocycles. The summed E-state index contributed by atoms with van der Waals surface area (Å²) in [7, 11) is 0. The van der Waals surface area contributed by atoms with Crippen LogP contribution in [0.25, 0.3) is 0 Å². The average Bonchev–Trinajstić information content (AvgIpc) is 2.83. The minimum atomic E-state index is -0.571. The Morgan fingerprint density at radius 2 is 0.838 bits per heavy atom. The molecule has 0 aromatic rings. The molecule has 3 fully saturated rings. The first-order valence-corrected chi connectivity index (χ1v) is 13.1. The minimum Gasteiger partial charge on any atom is -0.394 e. The normalized spacial score (nSPS) is 48.2. The molecule has 0 aromatic carbocycles. The van der Waals surface area contributed by atoms with Gasteiger partial charge in [0, 0.05) is 144 Å². The van der Waals surface area contributed by atoms with Gasteiger partial charge in [-0.15, -0.1) is 0 Å². The molecule has 0 bridgehead atoms. The predicted octanol–water partition coefficient (Wildman–Crippen LogP) is 2.42. The summed E-state index contributed by atoms with van der Waals surface area (Å²) >= 11 is 0. The Kier molecular flexibility index (Phi) is 20.8. The van der Waals surface area contributed by atoms with E-state index < -0.39 is 24.8 Å². The van der Waals surface area contributed by atoms with E-state index in [1.807, 2.05) is 6.92 Å². The first-order chi connectivity index (χ1) is 16.0. The van der Waals surface area contributed by atoms with Crippen LogP contribution in [0.2, 0.25) is 0 Å². The molecule has 11 heteroatoms. The summed E-state index contributed by atoms with van der Waals surface area (Å²) in [6, 6.07) is 0. The fourth-order valence-electron chi connectivity index (χ4n) is 5.84. The van der Waals surface area contributed by atoms with Crippen LogP contribution in [0.15, 0.2) is 0 Å². The number of ether oxygens (including phenoxy) is 5. The van der Waals surface area contributed by atoms with Crippen molar-refractivity contribution < 1.29 is 171 Å². The maximum atomic E-state index is 10.2. The summed E-state index contributed by atoms with van der Waals surface area (Å²) in [5, 5.41) is 29.9. The van der Waals surface area contributed by atoms with Crippen LogP contribution < -0.4 is 0 Å². The van der Waals surface area contributed by atoms with Crippen molar-refractivity contribution in [3.8, 4) is 0 Å². The monoisotopic (exact) mass is 1170 g/mol. The van der Waals surface area contributed by atoms with E-state index >= 15 is 0 Å². The maximum absolute atomic E-state index is 10.2. The van der Waals surface area contributed by atoms with E-state index in [1.165, 1.54) is 0 Å². The first-order valence-electron chi connectivity index (χ1n) is 13.1. The maximum Gasteiger partial charge on any atom is 0.161 e. The van der Waals surface area contributed by atoms with Crippen molar-refractivity contribution in [2.24, 2.45) is 41.4 Å². The molecule has 0 aromatic heterocycles. The molecule has 0 aliphatic carbocycles. The summed E-state index contributed by atoms with van der Waals surface area (Å²) in [6.07, 6.45) is -2.92. The summed E-state index contributed by atoms with van der Waals surface area (Å²) in [4.78, 5) is 0. The largest absolute Gasteiger partial charge is 0.394 e. The number of hydrogen-bond acceptors (Lipinski definition) is 8. The Hall–Kier alpha value is 4.00. The quantitative estimate of drug-likeness (QED) is 0.358. The van der Waals surface area contributed by atoms with Gasteiger partial charge in [-0.05, 0) is 36.5 Å². The van der Waals surface area contributed by atoms with Crippen LogP contribution in [0.1, 0.15) is 55.4 Å². The molecule has 3 aliphatic rings. The van der Waals surface area contributed by atoms with Crippen molar-refractivity contribution in [2.75, 3.05) is 19.8 Å². The van der Waals surface area contributed by atoms with Gasteiger partial charge in [-0.1, -0.05) is 48.5 Å². The van der Waals surface area contributed by atoms with Crippen molar-refractivity contribution >= 4 is 0 Å². The second kappa shape index (κ2) is 18.7. The van der Waals surface area contributed by atoms with E-state index in [9.17, 15) is 15.3 Å². The molecule has 0 saturated carbocycles. The van der Waals surface area contributed by atoms with Crippen molar-refractivity contribution in [1.82, 2.24) is 0 Å². The Balaban J connectivity index is 0.00000432. The zero-order valence-electron chi connectivity index (χ0n) is 23.9. The van der Waals surface area contributed by atoms with Gasteiger partial charge in [0.15, 0.2) is 12.6 Å². The van der Waals surface area contributed by atoms with Gasteiger partial charge in [-0.25, -0.2) is 0 Å². The summed E-state index contributed by atoms with van der Waals surface area (Å²) < 4.78 is 31.4. The molecule has 6 unspecified atom stereocenters. The standard InChI is InChI=1S/C26H48O8.3Ac/c1-12-14(3)20(9-27)31-25(17(12)6)34-24-16(5)18(7)26(32-22(24)11-29)33-23-15(4)13(2)19(8)30-21(23)10-28;;;/h12-29H,9-11H2,1-8H3;;;/t12-,13?,14+,15+,16+,17?,18?,19-,20?,21?,22?,23+,24+,25-,26-;;;/m0.../s1. The van der Waals surface area contributed by atoms with Crippen molar-refractivity contribution in [3.63, 3.8) is 0 Å². The Morgan fingerprint density at radius 3 is 1.30 bits per heavy atom. The van der Waals surface area contributed by atoms with Gasteiger partial charge in [0.2, 0.25) is 0 Å². The van der Waals surface area contributed by atoms with Crippen LogP contribution in [0, 0.1) is 174 Å². The average molecular weight is 1170 g/mol. The minimum absolute atomic E-state index is 0. The van der Waals surface area contributed by atoms with Gasteiger partial charge in [0.05, 0.1) is 44.2 Å². The Morgan fingerprint density at radius 1 is 0.459 bits per heavy atom. The zero-order valence-corrected chi connectivity index (χ0v) is 38.1. The number of aliphatic hydroxyl groups is 3. The van der Waals surface area contributed by atoms with Gasteiger partial charge in [-0.2, -0.15) is 0 Å². The fourth-order valence-corrected chi connectivity index (χ4v) is 5.84. The number of hydrogen-bond donors (Lipinski definition) is 3. The SMILES string of the molecule is CC1[C@H](O[C@H]2C(CO)O[C@@H](O[C@H]3C(CO)O[C@@H](C)C(C)[C@H]3C)C(C)[C@H]2C)OC(CO)[C@H](C)[C@@H]1C.[Ac].[Ac].[Ac]. The molecule has 8 nitrogen and oxygen atoms in total. The molecule has 15 atom stereocenters. The molecular formula is C26H48Ac3O8. The van der Waals surface area contributed by atoms with Crippen LogP contribution in [0.3, 0.4) is 0 Å². The topological polar surface area (TPSA) is 107 Å². The molecule has 3 saturated heterocycles. The Bertz CT molecular complexity index is 643. The molecule has 3 aliphatic heterocycles. The molecule has 3 rings (SSSR count). The third-order valence-electron chi connectivity index (χ3n) is 9.40. The fraction of sp³-hybridized carbons (Fsp3) is 1.00. The third-order valence-corrected chi connectivity index (χ3v) is 9.40. The number of aliphatic hydroxyl groups excluding tert-OH is 3. The summed E-state index contributed by atoms with van der Waals surface area (Å²) in [5.74, 6) is 1.17. The third kappa shape index (κ3) is 9.50. The first kappa shape index (κ1) is 41.0. The van der Waals surface area contributed by atoms with Crippen LogP contribution >= 0.6 is 0 Å².